The zero-order chi connectivity index (χ0) is 24.9. The van der Waals surface area contributed by atoms with Gasteiger partial charge in [-0.15, -0.1) is 22.7 Å². The van der Waals surface area contributed by atoms with Crippen molar-refractivity contribution in [3.8, 4) is 20.9 Å². The molecule has 36 heavy (non-hydrogen) atoms. The molecular formula is C32H26N2S2. The van der Waals surface area contributed by atoms with Crippen LogP contribution in [0, 0.1) is 41.5 Å². The molecule has 3 aromatic carbocycles. The molecule has 2 aliphatic rings. The molecule has 0 saturated heterocycles. The first-order valence-corrected chi connectivity index (χ1v) is 14.1. The summed E-state index contributed by atoms with van der Waals surface area (Å²) >= 11 is 3.50. The maximum absolute atomic E-state index is 4.89. The lowest BCUT2D eigenvalue weighted by atomic mass is 9.91. The quantitative estimate of drug-likeness (QED) is 0.257. The molecule has 176 valence electrons. The Labute approximate surface area is 219 Å². The predicted octanol–water partition coefficient (Wildman–Crippen LogP) is 6.91. The van der Waals surface area contributed by atoms with E-state index in [-0.39, 0.29) is 0 Å². The van der Waals surface area contributed by atoms with Crippen LogP contribution in [-0.4, -0.2) is 9.97 Å². The number of hydrogen-bond donors (Lipinski definition) is 0. The van der Waals surface area contributed by atoms with Crippen molar-refractivity contribution >= 4 is 33.8 Å². The van der Waals surface area contributed by atoms with E-state index in [2.05, 4.69) is 77.9 Å². The summed E-state index contributed by atoms with van der Waals surface area (Å²) in [6, 6.07) is 14.0. The highest BCUT2D eigenvalue weighted by atomic mass is 32.1. The monoisotopic (exact) mass is 502 g/mol. The molecular weight excluding hydrogens is 477 g/mol. The molecule has 0 bridgehead atoms. The minimum Gasteiger partial charge on any atom is -0.244 e. The molecule has 0 radical (unpaired) electrons. The van der Waals surface area contributed by atoms with Gasteiger partial charge in [0.2, 0.25) is 0 Å². The molecule has 2 aliphatic carbocycles. The van der Waals surface area contributed by atoms with E-state index in [4.69, 9.17) is 9.97 Å². The molecule has 0 aliphatic heterocycles. The van der Waals surface area contributed by atoms with E-state index in [1.165, 1.54) is 87.0 Å². The maximum atomic E-state index is 4.89. The van der Waals surface area contributed by atoms with Crippen LogP contribution in [0.15, 0.2) is 47.4 Å². The SMILES string of the molecule is Cc1cc(C)c(C2=c3cc4c(cc3-c3scnc32)=C(c2c(C)cc(C)cc2C)c2ncsc2-4)c(C)c1. The van der Waals surface area contributed by atoms with Gasteiger partial charge in [-0.25, -0.2) is 9.97 Å². The van der Waals surface area contributed by atoms with Crippen LogP contribution in [0.2, 0.25) is 0 Å². The van der Waals surface area contributed by atoms with Gasteiger partial charge < -0.3 is 0 Å². The van der Waals surface area contributed by atoms with Gasteiger partial charge in [0.05, 0.1) is 32.2 Å². The number of fused-ring (bicyclic) bond motifs is 6. The fraction of sp³-hybridized carbons (Fsp3) is 0.188. The minimum atomic E-state index is 1.13. The second-order valence-corrected chi connectivity index (χ2v) is 12.0. The van der Waals surface area contributed by atoms with E-state index in [9.17, 15) is 0 Å². The molecule has 0 unspecified atom stereocenters. The molecule has 0 atom stereocenters. The van der Waals surface area contributed by atoms with Gasteiger partial charge in [-0.3, -0.25) is 0 Å². The molecule has 2 nitrogen and oxygen atoms in total. The number of aromatic nitrogens is 2. The highest BCUT2D eigenvalue weighted by Gasteiger charge is 2.31. The van der Waals surface area contributed by atoms with E-state index in [0.717, 1.165) is 11.4 Å². The average molecular weight is 503 g/mol. The zero-order valence-electron chi connectivity index (χ0n) is 21.3. The Morgan fingerprint density at radius 1 is 0.500 bits per heavy atom. The zero-order valence-corrected chi connectivity index (χ0v) is 23.0. The first kappa shape index (κ1) is 21.9. The van der Waals surface area contributed by atoms with Gasteiger partial charge in [0, 0.05) is 22.3 Å². The van der Waals surface area contributed by atoms with E-state index in [1.807, 2.05) is 11.0 Å². The number of nitrogens with zero attached hydrogens (tertiary/aromatic N) is 2. The van der Waals surface area contributed by atoms with Gasteiger partial charge in [0.1, 0.15) is 0 Å². The molecule has 2 heterocycles. The lowest BCUT2D eigenvalue weighted by Crippen LogP contribution is -2.16. The van der Waals surface area contributed by atoms with Gasteiger partial charge >= 0.3 is 0 Å². The molecule has 2 aromatic heterocycles. The van der Waals surface area contributed by atoms with Crippen LogP contribution in [0.25, 0.3) is 32.0 Å². The van der Waals surface area contributed by atoms with Crippen LogP contribution in [0.5, 0.6) is 0 Å². The number of rotatable bonds is 2. The third-order valence-corrected chi connectivity index (χ3v) is 9.37. The molecule has 0 spiro atoms. The fourth-order valence-electron chi connectivity index (χ4n) is 6.53. The summed E-state index contributed by atoms with van der Waals surface area (Å²) in [6.45, 7) is 13.3. The molecule has 0 saturated carbocycles. The second kappa shape index (κ2) is 7.58. The summed E-state index contributed by atoms with van der Waals surface area (Å²) in [5, 5.41) is 2.60. The third-order valence-electron chi connectivity index (χ3n) is 7.65. The minimum absolute atomic E-state index is 1.13. The Hall–Kier alpha value is -3.34. The van der Waals surface area contributed by atoms with Crippen molar-refractivity contribution in [3.05, 3.63) is 114 Å². The Morgan fingerprint density at radius 2 is 0.861 bits per heavy atom. The van der Waals surface area contributed by atoms with Crippen LogP contribution in [0.3, 0.4) is 0 Å². The van der Waals surface area contributed by atoms with Gasteiger partial charge in [-0.2, -0.15) is 0 Å². The van der Waals surface area contributed by atoms with Crippen molar-refractivity contribution in [1.82, 2.24) is 9.97 Å². The summed E-state index contributed by atoms with van der Waals surface area (Å²) < 4.78 is 0. The fourth-order valence-corrected chi connectivity index (χ4v) is 8.18. The van der Waals surface area contributed by atoms with Crippen molar-refractivity contribution < 1.29 is 0 Å². The van der Waals surface area contributed by atoms with Crippen LogP contribution in [0.4, 0.5) is 0 Å². The normalized spacial score (nSPS) is 13.2. The van der Waals surface area contributed by atoms with Gasteiger partial charge in [-0.1, -0.05) is 35.4 Å². The lowest BCUT2D eigenvalue weighted by molar-refractivity contribution is 1.27. The Bertz CT molecular complexity index is 1710. The average Bonchev–Trinajstić information content (AvgIpc) is 3.55. The topological polar surface area (TPSA) is 25.8 Å². The smallest absolute Gasteiger partial charge is 0.0903 e. The van der Waals surface area contributed by atoms with Gasteiger partial charge in [-0.05, 0) is 97.5 Å². The van der Waals surface area contributed by atoms with Crippen molar-refractivity contribution in [2.75, 3.05) is 0 Å². The maximum Gasteiger partial charge on any atom is 0.0903 e. The molecule has 5 aromatic rings. The largest absolute Gasteiger partial charge is 0.244 e. The van der Waals surface area contributed by atoms with Crippen molar-refractivity contribution in [2.45, 2.75) is 41.5 Å². The van der Waals surface area contributed by atoms with E-state index < -0.39 is 0 Å². The predicted molar refractivity (Wildman–Crippen MR) is 152 cm³/mol. The summed E-state index contributed by atoms with van der Waals surface area (Å²) in [4.78, 5) is 12.3. The van der Waals surface area contributed by atoms with Crippen molar-refractivity contribution in [1.29, 1.82) is 0 Å². The molecule has 4 heteroatoms. The number of hydrogen-bond acceptors (Lipinski definition) is 4. The summed E-state index contributed by atoms with van der Waals surface area (Å²) in [5.74, 6) is 0. The van der Waals surface area contributed by atoms with E-state index in [1.54, 1.807) is 22.7 Å². The van der Waals surface area contributed by atoms with E-state index >= 15 is 0 Å². The second-order valence-electron chi connectivity index (χ2n) is 10.3. The summed E-state index contributed by atoms with van der Waals surface area (Å²) in [5.41, 5.74) is 21.9. The molecule has 7 rings (SSSR count). The van der Waals surface area contributed by atoms with E-state index in [0.29, 0.717) is 0 Å². The molecule has 0 N–H and O–H groups in total. The van der Waals surface area contributed by atoms with Crippen LogP contribution >= 0.6 is 22.7 Å². The van der Waals surface area contributed by atoms with Crippen LogP contribution in [-0.2, 0) is 0 Å². The van der Waals surface area contributed by atoms with Gasteiger partial charge in [0.25, 0.3) is 0 Å². The highest BCUT2D eigenvalue weighted by Crippen LogP contribution is 2.43. The number of thiazole rings is 2. The summed E-state index contributed by atoms with van der Waals surface area (Å²) in [6.07, 6.45) is 0. The highest BCUT2D eigenvalue weighted by molar-refractivity contribution is 7.14. The third kappa shape index (κ3) is 2.89. The Morgan fingerprint density at radius 3 is 1.22 bits per heavy atom. The standard InChI is InChI=1S/C32H26N2S2/c1-15-7-17(3)25(18(4)8-15)27-21-11-24-22(12-23(21)31-29(27)33-13-35-31)28(30-32(24)36-14-34-30)26-19(5)9-16(2)10-20(26)6/h7-14H,1-6H3. The number of benzene rings is 3. The van der Waals surface area contributed by atoms with Crippen molar-refractivity contribution in [3.63, 3.8) is 0 Å². The Balaban J connectivity index is 1.64. The summed E-state index contributed by atoms with van der Waals surface area (Å²) in [7, 11) is 0. The first-order valence-electron chi connectivity index (χ1n) is 12.3. The lowest BCUT2D eigenvalue weighted by Gasteiger charge is -2.13. The Kier molecular flexibility index (Phi) is 4.61. The van der Waals surface area contributed by atoms with Crippen LogP contribution < -0.4 is 10.4 Å². The molecule has 0 fully saturated rings. The van der Waals surface area contributed by atoms with Crippen molar-refractivity contribution in [2.24, 2.45) is 0 Å². The van der Waals surface area contributed by atoms with Gasteiger partial charge in [0.15, 0.2) is 0 Å². The first-order chi connectivity index (χ1) is 17.3. The molecule has 0 amide bonds. The number of aryl methyl sites for hydroxylation is 6. The van der Waals surface area contributed by atoms with Crippen LogP contribution in [0.1, 0.15) is 55.9 Å².